The van der Waals surface area contributed by atoms with Gasteiger partial charge in [-0.2, -0.15) is 0 Å². The van der Waals surface area contributed by atoms with Crippen LogP contribution in [0.1, 0.15) is 79.0 Å². The summed E-state index contributed by atoms with van der Waals surface area (Å²) in [6, 6.07) is 52.6. The molecule has 0 aliphatic carbocycles. The molecule has 0 fully saturated rings. The fraction of sp³-hybridized carbons (Fsp3) is 0.214. The van der Waals surface area contributed by atoms with Gasteiger partial charge < -0.3 is 18.4 Å². The summed E-state index contributed by atoms with van der Waals surface area (Å²) in [4.78, 5) is 2.52. The van der Waals surface area contributed by atoms with Gasteiger partial charge in [-0.3, -0.25) is 0 Å². The Kier molecular flexibility index (Phi) is 7.22. The normalized spacial score (nSPS) is 13.9. The maximum Gasteiger partial charge on any atom is 0.375 e. The molecule has 5 heteroatoms. The summed E-state index contributed by atoms with van der Waals surface area (Å²) in [5.41, 5.74) is 19.1. The molecule has 2 aliphatic heterocycles. The van der Waals surface area contributed by atoms with Crippen LogP contribution in [0.3, 0.4) is 0 Å². The molecule has 5 heterocycles. The van der Waals surface area contributed by atoms with Crippen LogP contribution < -0.4 is 16.0 Å². The van der Waals surface area contributed by atoms with E-state index in [4.69, 9.17) is 4.42 Å². The van der Waals surface area contributed by atoms with Crippen molar-refractivity contribution in [1.29, 1.82) is 0 Å². The van der Waals surface area contributed by atoms with Crippen LogP contribution in [0.4, 0.5) is 17.1 Å². The number of fused-ring (bicyclic) bond motifs is 13. The van der Waals surface area contributed by atoms with E-state index in [9.17, 15) is 0 Å². The molecule has 12 rings (SSSR count). The summed E-state index contributed by atoms with van der Waals surface area (Å²) in [7, 11) is 0. The van der Waals surface area contributed by atoms with Gasteiger partial charge in [0.15, 0.2) is 0 Å². The quantitative estimate of drug-likeness (QED) is 0.163. The van der Waals surface area contributed by atoms with Crippen LogP contribution in [0.2, 0.25) is 0 Å². The van der Waals surface area contributed by atoms with Crippen LogP contribution in [0.5, 0.6) is 0 Å². The van der Waals surface area contributed by atoms with Crippen LogP contribution in [0, 0.1) is 0 Å². The lowest BCUT2D eigenvalue weighted by atomic mass is 9.47. The standard InChI is InChI=1S/C56H50BN3O/c1-54(2,3)33-23-26-37(27-24-33)59-46-31-35(56(7,8)9)30-43-48-50-41(38-19-13-15-21-44(38)58(50)36-17-11-10-12-18-36)32-42-40-29-34(55(4,5)6)25-28-45(40)60(51(42)48)57(49(43)46)53-52(59)39-20-14-16-22-47(39)61-53/h10-32H,1-9H3. The molecule has 10 aromatic rings. The lowest BCUT2D eigenvalue weighted by Gasteiger charge is -2.39. The first-order valence-electron chi connectivity index (χ1n) is 21.9. The van der Waals surface area contributed by atoms with Crippen LogP contribution in [-0.2, 0) is 16.2 Å². The Morgan fingerprint density at radius 1 is 0.475 bits per heavy atom. The van der Waals surface area contributed by atoms with Crippen molar-refractivity contribution < 1.29 is 4.42 Å². The molecule has 0 bridgehead atoms. The maximum atomic E-state index is 7.27. The number of nitrogens with zero attached hydrogens (tertiary/aromatic N) is 3. The van der Waals surface area contributed by atoms with Gasteiger partial charge in [-0.05, 0) is 111 Å². The Hall–Kier alpha value is -6.46. The molecule has 0 unspecified atom stereocenters. The summed E-state index contributed by atoms with van der Waals surface area (Å²) in [6.07, 6.45) is 0. The maximum absolute atomic E-state index is 7.27. The molecule has 0 saturated heterocycles. The molecule has 0 amide bonds. The molecule has 2 aliphatic rings. The zero-order valence-corrected chi connectivity index (χ0v) is 36.6. The lowest BCUT2D eigenvalue weighted by molar-refractivity contribution is 0.590. The van der Waals surface area contributed by atoms with Crippen LogP contribution in [0.15, 0.2) is 144 Å². The highest BCUT2D eigenvalue weighted by molar-refractivity contribution is 6.89. The third kappa shape index (κ3) is 5.01. The van der Waals surface area contributed by atoms with Crippen molar-refractivity contribution in [3.05, 3.63) is 156 Å². The van der Waals surface area contributed by atoms with Crippen LogP contribution in [0.25, 0.3) is 71.4 Å². The summed E-state index contributed by atoms with van der Waals surface area (Å²) >= 11 is 0. The summed E-state index contributed by atoms with van der Waals surface area (Å²) in [5.74, 6) is 0. The van der Waals surface area contributed by atoms with E-state index < -0.39 is 0 Å². The second-order valence-corrected chi connectivity index (χ2v) is 20.6. The van der Waals surface area contributed by atoms with Crippen molar-refractivity contribution in [2.45, 2.75) is 78.6 Å². The first kappa shape index (κ1) is 36.4. The molecule has 61 heavy (non-hydrogen) atoms. The molecule has 3 aromatic heterocycles. The van der Waals surface area contributed by atoms with E-state index in [0.29, 0.717) is 0 Å². The van der Waals surface area contributed by atoms with E-state index in [0.717, 1.165) is 33.7 Å². The first-order valence-corrected chi connectivity index (χ1v) is 21.9. The van der Waals surface area contributed by atoms with Gasteiger partial charge in [-0.25, -0.2) is 0 Å². The number of anilines is 3. The van der Waals surface area contributed by atoms with Gasteiger partial charge in [0.1, 0.15) is 11.2 Å². The topological polar surface area (TPSA) is 26.2 Å². The van der Waals surface area contributed by atoms with E-state index in [2.05, 4.69) is 216 Å². The van der Waals surface area contributed by atoms with Gasteiger partial charge >= 0.3 is 6.85 Å². The Morgan fingerprint density at radius 3 is 1.84 bits per heavy atom. The molecule has 0 N–H and O–H groups in total. The molecule has 4 nitrogen and oxygen atoms in total. The van der Waals surface area contributed by atoms with Crippen molar-refractivity contribution in [3.63, 3.8) is 0 Å². The van der Waals surface area contributed by atoms with E-state index in [1.165, 1.54) is 82.6 Å². The molecular weight excluding hydrogens is 741 g/mol. The zero-order valence-electron chi connectivity index (χ0n) is 36.6. The van der Waals surface area contributed by atoms with Gasteiger partial charge in [-0.15, -0.1) is 0 Å². The number of rotatable bonds is 2. The predicted molar refractivity (Wildman–Crippen MR) is 260 cm³/mol. The third-order valence-corrected chi connectivity index (χ3v) is 13.7. The number of para-hydroxylation sites is 3. The first-order chi connectivity index (χ1) is 29.2. The Morgan fingerprint density at radius 2 is 1.11 bits per heavy atom. The molecule has 298 valence electrons. The Bertz CT molecular complexity index is 3470. The fourth-order valence-electron chi connectivity index (χ4n) is 10.6. The predicted octanol–water partition coefficient (Wildman–Crippen LogP) is 13.9. The van der Waals surface area contributed by atoms with Crippen molar-refractivity contribution in [2.75, 3.05) is 4.90 Å². The van der Waals surface area contributed by atoms with E-state index in [-0.39, 0.29) is 23.1 Å². The minimum atomic E-state index is -0.202. The third-order valence-electron chi connectivity index (χ3n) is 13.7. The van der Waals surface area contributed by atoms with Crippen molar-refractivity contribution in [2.24, 2.45) is 0 Å². The highest BCUT2D eigenvalue weighted by Gasteiger charge is 2.47. The number of furan rings is 1. The van der Waals surface area contributed by atoms with Crippen molar-refractivity contribution >= 4 is 89.6 Å². The minimum absolute atomic E-state index is 0.0173. The molecule has 0 spiro atoms. The number of hydrogen-bond donors (Lipinski definition) is 0. The number of hydrogen-bond acceptors (Lipinski definition) is 2. The average molecular weight is 792 g/mol. The van der Waals surface area contributed by atoms with Crippen molar-refractivity contribution in [1.82, 2.24) is 9.05 Å². The van der Waals surface area contributed by atoms with Gasteiger partial charge in [0.05, 0.1) is 16.7 Å². The summed E-state index contributed by atoms with van der Waals surface area (Å²) < 4.78 is 12.5. The second kappa shape index (κ2) is 12.1. The van der Waals surface area contributed by atoms with Crippen molar-refractivity contribution in [3.8, 4) is 16.8 Å². The molecule has 0 radical (unpaired) electrons. The molecule has 0 atom stereocenters. The van der Waals surface area contributed by atoms with Crippen LogP contribution >= 0.6 is 0 Å². The highest BCUT2D eigenvalue weighted by atomic mass is 16.3. The molecule has 0 saturated carbocycles. The lowest BCUT2D eigenvalue weighted by Crippen LogP contribution is -2.56. The largest absolute Gasteiger partial charge is 0.466 e. The zero-order chi connectivity index (χ0) is 41.9. The van der Waals surface area contributed by atoms with Gasteiger partial charge in [0.25, 0.3) is 0 Å². The van der Waals surface area contributed by atoms with Gasteiger partial charge in [-0.1, -0.05) is 135 Å². The van der Waals surface area contributed by atoms with E-state index in [1.54, 1.807) is 0 Å². The smallest absolute Gasteiger partial charge is 0.375 e. The second-order valence-electron chi connectivity index (χ2n) is 20.6. The monoisotopic (exact) mass is 791 g/mol. The molecular formula is C56H50BN3O. The minimum Gasteiger partial charge on any atom is -0.466 e. The Labute approximate surface area is 358 Å². The number of aromatic nitrogens is 2. The number of benzene rings is 7. The fourth-order valence-corrected chi connectivity index (χ4v) is 10.6. The van der Waals surface area contributed by atoms with E-state index >= 15 is 0 Å². The average Bonchev–Trinajstić information content (AvgIpc) is 3.89. The SMILES string of the molecule is CC(C)(C)c1ccc(N2c3cc(C(C)(C)C)cc4c3B(c3oc5ccccc5c32)n2c3ccc(C(C)(C)C)cc3c3cc5c6ccccc6n(-c6ccccc6)c5c-4c32)cc1. The van der Waals surface area contributed by atoms with Crippen LogP contribution in [-0.4, -0.2) is 15.9 Å². The van der Waals surface area contributed by atoms with Gasteiger partial charge in [0.2, 0.25) is 0 Å². The van der Waals surface area contributed by atoms with Gasteiger partial charge in [0, 0.05) is 60.6 Å². The van der Waals surface area contributed by atoms with E-state index in [1.807, 2.05) is 0 Å². The highest BCUT2D eigenvalue weighted by Crippen LogP contribution is 2.52. The Balaban J connectivity index is 1.33. The molecule has 7 aromatic carbocycles. The summed E-state index contributed by atoms with van der Waals surface area (Å²) in [5, 5.41) is 6.22. The summed E-state index contributed by atoms with van der Waals surface area (Å²) in [6.45, 7) is 20.7.